The van der Waals surface area contributed by atoms with Gasteiger partial charge in [-0.3, -0.25) is 9.69 Å². The minimum Gasteiger partial charge on any atom is -0.497 e. The third-order valence-corrected chi connectivity index (χ3v) is 5.14. The molecule has 29 heavy (non-hydrogen) atoms. The lowest BCUT2D eigenvalue weighted by molar-refractivity contribution is -0.137. The van der Waals surface area contributed by atoms with Crippen molar-refractivity contribution in [2.24, 2.45) is 0 Å². The zero-order valence-electron chi connectivity index (χ0n) is 16.4. The Morgan fingerprint density at radius 1 is 1.07 bits per heavy atom. The zero-order chi connectivity index (χ0) is 21.0. The molecule has 1 atom stereocenters. The monoisotopic (exact) mass is 407 g/mol. The molecule has 3 rings (SSSR count). The summed E-state index contributed by atoms with van der Waals surface area (Å²) < 4.78 is 43.9. The molecule has 1 saturated heterocycles. The Bertz CT molecular complexity index is 832. The molecule has 5 nitrogen and oxygen atoms in total. The molecule has 156 valence electrons. The van der Waals surface area contributed by atoms with E-state index in [2.05, 4.69) is 5.32 Å². The first kappa shape index (κ1) is 21.0. The number of carbonyl (C=O) groups is 1. The highest BCUT2D eigenvalue weighted by atomic mass is 19.4. The number of rotatable bonds is 5. The van der Waals surface area contributed by atoms with Gasteiger partial charge in [0.25, 0.3) is 0 Å². The van der Waals surface area contributed by atoms with Crippen molar-refractivity contribution in [1.29, 1.82) is 0 Å². The van der Waals surface area contributed by atoms with E-state index in [1.54, 1.807) is 37.4 Å². The second-order valence-corrected chi connectivity index (χ2v) is 6.96. The highest BCUT2D eigenvalue weighted by molar-refractivity contribution is 5.94. The van der Waals surface area contributed by atoms with E-state index < -0.39 is 11.7 Å². The summed E-state index contributed by atoms with van der Waals surface area (Å²) >= 11 is 0. The molecule has 1 amide bonds. The van der Waals surface area contributed by atoms with Crippen LogP contribution in [0.25, 0.3) is 0 Å². The van der Waals surface area contributed by atoms with Crippen LogP contribution < -0.4 is 15.0 Å². The van der Waals surface area contributed by atoms with Gasteiger partial charge in [-0.25, -0.2) is 0 Å². The molecule has 1 unspecified atom stereocenters. The number of nitrogens with one attached hydrogen (secondary N) is 1. The Hall–Kier alpha value is -2.74. The minimum atomic E-state index is -4.36. The molecule has 0 aromatic heterocycles. The molecule has 1 aliphatic heterocycles. The van der Waals surface area contributed by atoms with Gasteiger partial charge in [-0.05, 0) is 49.4 Å². The number of methoxy groups -OCH3 is 1. The molecule has 0 saturated carbocycles. The molecule has 8 heteroatoms. The van der Waals surface area contributed by atoms with Crippen LogP contribution in [0.5, 0.6) is 5.75 Å². The Balaban J connectivity index is 1.56. The average molecular weight is 407 g/mol. The molecule has 1 aliphatic rings. The second-order valence-electron chi connectivity index (χ2n) is 6.96. The fourth-order valence-corrected chi connectivity index (χ4v) is 3.33. The molecule has 1 N–H and O–H groups in total. The van der Waals surface area contributed by atoms with Crippen molar-refractivity contribution >= 4 is 17.3 Å². The summed E-state index contributed by atoms with van der Waals surface area (Å²) in [5.41, 5.74) is 0.588. The summed E-state index contributed by atoms with van der Waals surface area (Å²) in [5.74, 6) is 0.587. The van der Waals surface area contributed by atoms with Gasteiger partial charge >= 0.3 is 6.18 Å². The standard InChI is InChI=1S/C21H24F3N3O2/c1-15(20(28)25-17-6-8-19(29-2)9-7-17)26-10-12-27(13-11-26)18-5-3-4-16(14-18)21(22,23)24/h3-9,14-15H,10-13H2,1-2H3,(H,25,28). The van der Waals surface area contributed by atoms with E-state index in [-0.39, 0.29) is 11.9 Å². The van der Waals surface area contributed by atoms with Crippen LogP contribution in [0.3, 0.4) is 0 Å². The number of hydrogen-bond acceptors (Lipinski definition) is 4. The van der Waals surface area contributed by atoms with Gasteiger partial charge in [0.2, 0.25) is 5.91 Å². The van der Waals surface area contributed by atoms with E-state index in [1.165, 1.54) is 12.1 Å². The molecular weight excluding hydrogens is 383 g/mol. The predicted molar refractivity (Wildman–Crippen MR) is 106 cm³/mol. The van der Waals surface area contributed by atoms with E-state index in [0.717, 1.165) is 6.07 Å². The van der Waals surface area contributed by atoms with Crippen molar-refractivity contribution in [2.45, 2.75) is 19.1 Å². The van der Waals surface area contributed by atoms with Crippen LogP contribution in [-0.4, -0.2) is 50.1 Å². The van der Waals surface area contributed by atoms with E-state index in [0.29, 0.717) is 43.3 Å². The van der Waals surface area contributed by atoms with Gasteiger partial charge in [0.1, 0.15) is 5.75 Å². The van der Waals surface area contributed by atoms with Crippen LogP contribution in [0, 0.1) is 0 Å². The highest BCUT2D eigenvalue weighted by Gasteiger charge is 2.31. The number of piperazine rings is 1. The smallest absolute Gasteiger partial charge is 0.416 e. The largest absolute Gasteiger partial charge is 0.497 e. The van der Waals surface area contributed by atoms with Gasteiger partial charge in [0.05, 0.1) is 18.7 Å². The summed E-state index contributed by atoms with van der Waals surface area (Å²) in [5, 5.41) is 2.88. The van der Waals surface area contributed by atoms with Gasteiger partial charge in [-0.2, -0.15) is 13.2 Å². The average Bonchev–Trinajstić information content (AvgIpc) is 2.73. The first-order valence-electron chi connectivity index (χ1n) is 9.39. The number of halogens is 3. The van der Waals surface area contributed by atoms with Crippen LogP contribution in [0.2, 0.25) is 0 Å². The van der Waals surface area contributed by atoms with Crippen molar-refractivity contribution < 1.29 is 22.7 Å². The van der Waals surface area contributed by atoms with Crippen LogP contribution in [0.4, 0.5) is 24.5 Å². The SMILES string of the molecule is COc1ccc(NC(=O)C(C)N2CCN(c3cccc(C(F)(F)F)c3)CC2)cc1. The van der Waals surface area contributed by atoms with Gasteiger partial charge in [0, 0.05) is 37.6 Å². The Morgan fingerprint density at radius 3 is 2.31 bits per heavy atom. The first-order chi connectivity index (χ1) is 13.8. The van der Waals surface area contributed by atoms with E-state index in [9.17, 15) is 18.0 Å². The van der Waals surface area contributed by atoms with Crippen molar-refractivity contribution in [1.82, 2.24) is 4.90 Å². The van der Waals surface area contributed by atoms with Crippen molar-refractivity contribution in [3.8, 4) is 5.75 Å². The third kappa shape index (κ3) is 5.20. The molecular formula is C21H24F3N3O2. The maximum atomic E-state index is 12.9. The normalized spacial score (nSPS) is 16.4. The van der Waals surface area contributed by atoms with E-state index in [1.807, 2.05) is 16.7 Å². The van der Waals surface area contributed by atoms with Gasteiger partial charge in [-0.1, -0.05) is 6.07 Å². The number of amides is 1. The number of nitrogens with zero attached hydrogens (tertiary/aromatic N) is 2. The topological polar surface area (TPSA) is 44.8 Å². The number of carbonyl (C=O) groups excluding carboxylic acids is 1. The highest BCUT2D eigenvalue weighted by Crippen LogP contribution is 2.32. The molecule has 2 aromatic carbocycles. The lowest BCUT2D eigenvalue weighted by Crippen LogP contribution is -2.52. The summed E-state index contributed by atoms with van der Waals surface area (Å²) in [6, 6.07) is 12.1. The van der Waals surface area contributed by atoms with Gasteiger partial charge < -0.3 is 15.0 Å². The summed E-state index contributed by atoms with van der Waals surface area (Å²) in [7, 11) is 1.58. The number of anilines is 2. The molecule has 1 heterocycles. The molecule has 0 aliphatic carbocycles. The molecule has 0 radical (unpaired) electrons. The van der Waals surface area contributed by atoms with E-state index in [4.69, 9.17) is 4.74 Å². The van der Waals surface area contributed by atoms with Crippen LogP contribution in [-0.2, 0) is 11.0 Å². The van der Waals surface area contributed by atoms with Crippen LogP contribution in [0.15, 0.2) is 48.5 Å². The molecule has 0 spiro atoms. The predicted octanol–water partition coefficient (Wildman–Crippen LogP) is 3.86. The molecule has 1 fully saturated rings. The van der Waals surface area contributed by atoms with Crippen LogP contribution in [0.1, 0.15) is 12.5 Å². The first-order valence-corrected chi connectivity index (χ1v) is 9.39. The summed E-state index contributed by atoms with van der Waals surface area (Å²) in [4.78, 5) is 16.5. The number of ether oxygens (including phenoxy) is 1. The van der Waals surface area contributed by atoms with Crippen molar-refractivity contribution in [3.63, 3.8) is 0 Å². The maximum absolute atomic E-state index is 12.9. The Kier molecular flexibility index (Phi) is 6.32. The lowest BCUT2D eigenvalue weighted by atomic mass is 10.1. The Labute approximate surface area is 168 Å². The van der Waals surface area contributed by atoms with Crippen molar-refractivity contribution in [3.05, 3.63) is 54.1 Å². The fraction of sp³-hybridized carbons (Fsp3) is 0.381. The number of hydrogen-bond donors (Lipinski definition) is 1. The summed E-state index contributed by atoms with van der Waals surface area (Å²) in [6.07, 6.45) is -4.36. The van der Waals surface area contributed by atoms with Gasteiger partial charge in [0.15, 0.2) is 0 Å². The number of alkyl halides is 3. The maximum Gasteiger partial charge on any atom is 0.416 e. The van der Waals surface area contributed by atoms with Gasteiger partial charge in [-0.15, -0.1) is 0 Å². The molecule has 2 aromatic rings. The Morgan fingerprint density at radius 2 is 1.72 bits per heavy atom. The quantitative estimate of drug-likeness (QED) is 0.818. The summed E-state index contributed by atoms with van der Waals surface area (Å²) in [6.45, 7) is 4.13. The zero-order valence-corrected chi connectivity index (χ0v) is 16.4. The lowest BCUT2D eigenvalue weighted by Gasteiger charge is -2.38. The number of benzene rings is 2. The minimum absolute atomic E-state index is 0.123. The third-order valence-electron chi connectivity index (χ3n) is 5.14. The second kappa shape index (κ2) is 8.73. The molecule has 0 bridgehead atoms. The van der Waals surface area contributed by atoms with E-state index >= 15 is 0 Å². The fourth-order valence-electron chi connectivity index (χ4n) is 3.33. The van der Waals surface area contributed by atoms with Crippen LogP contribution >= 0.6 is 0 Å². The van der Waals surface area contributed by atoms with Crippen molar-refractivity contribution in [2.75, 3.05) is 43.5 Å².